The Bertz CT molecular complexity index is 535. The van der Waals surface area contributed by atoms with Gasteiger partial charge in [0, 0.05) is 52.8 Å². The highest BCUT2D eigenvalue weighted by atomic mass is 16.6. The number of carbonyl (C=O) groups is 1. The van der Waals surface area contributed by atoms with Gasteiger partial charge in [-0.1, -0.05) is 0 Å². The van der Waals surface area contributed by atoms with E-state index >= 15 is 0 Å². The summed E-state index contributed by atoms with van der Waals surface area (Å²) < 4.78 is 16.2. The Morgan fingerprint density at radius 1 is 1.10 bits per heavy atom. The molecule has 0 aliphatic carbocycles. The molecule has 168 valence electrons. The maximum absolute atomic E-state index is 12.4. The van der Waals surface area contributed by atoms with Crippen LogP contribution in [0, 0.1) is 11.8 Å². The summed E-state index contributed by atoms with van der Waals surface area (Å²) >= 11 is 0. The second-order valence-electron chi connectivity index (χ2n) is 9.03. The van der Waals surface area contributed by atoms with E-state index in [-0.39, 0.29) is 6.09 Å². The van der Waals surface area contributed by atoms with Gasteiger partial charge in [-0.15, -0.1) is 0 Å². The summed E-state index contributed by atoms with van der Waals surface area (Å²) in [6, 6.07) is 0. The molecule has 2 atom stereocenters. The Hall–Kier alpha value is -1.54. The van der Waals surface area contributed by atoms with E-state index in [0.717, 1.165) is 64.6 Å². The van der Waals surface area contributed by atoms with Crippen molar-refractivity contribution in [2.45, 2.75) is 45.6 Å². The van der Waals surface area contributed by atoms with E-state index in [2.05, 4.69) is 15.2 Å². The van der Waals surface area contributed by atoms with Crippen molar-refractivity contribution in [1.82, 2.24) is 15.1 Å². The lowest BCUT2D eigenvalue weighted by molar-refractivity contribution is 0.0168. The van der Waals surface area contributed by atoms with Crippen LogP contribution < -0.4 is 5.32 Å². The molecule has 2 heterocycles. The molecule has 2 aliphatic rings. The SMILES string of the molecule is CN=C(NCC1CCCN(C(=O)OC(C)(C)C)C1)N1CCC(COCCOC)C1. The maximum atomic E-state index is 12.4. The fourth-order valence-electron chi connectivity index (χ4n) is 3.85. The maximum Gasteiger partial charge on any atom is 0.410 e. The number of likely N-dealkylation sites (tertiary alicyclic amines) is 2. The van der Waals surface area contributed by atoms with E-state index in [9.17, 15) is 4.79 Å². The second-order valence-corrected chi connectivity index (χ2v) is 9.03. The molecule has 2 fully saturated rings. The average Bonchev–Trinajstić information content (AvgIpc) is 3.13. The van der Waals surface area contributed by atoms with E-state index < -0.39 is 5.60 Å². The molecular formula is C21H40N4O4. The highest BCUT2D eigenvalue weighted by Gasteiger charge is 2.29. The topological polar surface area (TPSA) is 75.6 Å². The highest BCUT2D eigenvalue weighted by Crippen LogP contribution is 2.20. The summed E-state index contributed by atoms with van der Waals surface area (Å²) in [7, 11) is 3.52. The lowest BCUT2D eigenvalue weighted by Crippen LogP contribution is -2.47. The molecule has 2 aliphatic heterocycles. The Balaban J connectivity index is 1.74. The number of methoxy groups -OCH3 is 1. The summed E-state index contributed by atoms with van der Waals surface area (Å²) in [6.07, 6.45) is 3.03. The Morgan fingerprint density at radius 2 is 1.86 bits per heavy atom. The summed E-state index contributed by atoms with van der Waals surface area (Å²) in [6.45, 7) is 12.1. The van der Waals surface area contributed by atoms with Gasteiger partial charge in [-0.3, -0.25) is 4.99 Å². The van der Waals surface area contributed by atoms with Crippen molar-refractivity contribution in [2.75, 3.05) is 66.7 Å². The number of ether oxygens (including phenoxy) is 3. The lowest BCUT2D eigenvalue weighted by Gasteiger charge is -2.34. The van der Waals surface area contributed by atoms with Gasteiger partial charge in [0.25, 0.3) is 0 Å². The van der Waals surface area contributed by atoms with E-state index in [1.165, 1.54) is 0 Å². The zero-order valence-corrected chi connectivity index (χ0v) is 18.9. The monoisotopic (exact) mass is 412 g/mol. The largest absolute Gasteiger partial charge is 0.444 e. The minimum Gasteiger partial charge on any atom is -0.444 e. The fourth-order valence-corrected chi connectivity index (χ4v) is 3.85. The molecule has 29 heavy (non-hydrogen) atoms. The molecule has 0 aromatic rings. The van der Waals surface area contributed by atoms with Gasteiger partial charge in [0.1, 0.15) is 5.60 Å². The predicted molar refractivity (Wildman–Crippen MR) is 114 cm³/mol. The van der Waals surface area contributed by atoms with Crippen molar-refractivity contribution >= 4 is 12.1 Å². The molecule has 0 aromatic heterocycles. The number of guanidine groups is 1. The highest BCUT2D eigenvalue weighted by molar-refractivity contribution is 5.80. The van der Waals surface area contributed by atoms with E-state index in [4.69, 9.17) is 14.2 Å². The quantitative estimate of drug-likeness (QED) is 0.392. The smallest absolute Gasteiger partial charge is 0.410 e. The standard InChI is InChI=1S/C21H40N4O4/c1-21(2,3)29-20(26)25-9-6-7-17(14-25)13-23-19(22-4)24-10-8-18(15-24)16-28-12-11-27-5/h17-18H,6-16H2,1-5H3,(H,22,23). The second kappa shape index (κ2) is 11.6. The van der Waals surface area contributed by atoms with Crippen LogP contribution in [0.1, 0.15) is 40.0 Å². The predicted octanol–water partition coefficient (Wildman–Crippen LogP) is 2.19. The molecule has 0 bridgehead atoms. The van der Waals surface area contributed by atoms with Crippen LogP contribution in [0.2, 0.25) is 0 Å². The molecule has 2 rings (SSSR count). The van der Waals surface area contributed by atoms with Gasteiger partial charge in [0.15, 0.2) is 5.96 Å². The summed E-state index contributed by atoms with van der Waals surface area (Å²) in [5, 5.41) is 3.52. The summed E-state index contributed by atoms with van der Waals surface area (Å²) in [5.74, 6) is 1.88. The number of nitrogens with one attached hydrogen (secondary N) is 1. The van der Waals surface area contributed by atoms with Crippen LogP contribution >= 0.6 is 0 Å². The van der Waals surface area contributed by atoms with Gasteiger partial charge < -0.3 is 29.3 Å². The number of hydrogen-bond acceptors (Lipinski definition) is 5. The zero-order valence-electron chi connectivity index (χ0n) is 18.9. The molecule has 8 heteroatoms. The lowest BCUT2D eigenvalue weighted by atomic mass is 9.98. The summed E-state index contributed by atoms with van der Waals surface area (Å²) in [4.78, 5) is 21.0. The van der Waals surface area contributed by atoms with Crippen LogP contribution in [-0.4, -0.2) is 94.2 Å². The van der Waals surface area contributed by atoms with Gasteiger partial charge >= 0.3 is 6.09 Å². The number of aliphatic imine (C=N–C) groups is 1. The molecule has 0 saturated carbocycles. The van der Waals surface area contributed by atoms with Gasteiger partial charge in [0.05, 0.1) is 19.8 Å². The molecule has 2 unspecified atom stereocenters. The Labute approximate surface area is 175 Å². The number of piperidine rings is 1. The fraction of sp³-hybridized carbons (Fsp3) is 0.905. The van der Waals surface area contributed by atoms with Gasteiger partial charge in [-0.25, -0.2) is 4.79 Å². The van der Waals surface area contributed by atoms with Crippen LogP contribution in [0.3, 0.4) is 0 Å². The van der Waals surface area contributed by atoms with Crippen LogP contribution in [-0.2, 0) is 14.2 Å². The van der Waals surface area contributed by atoms with Crippen molar-refractivity contribution in [1.29, 1.82) is 0 Å². The summed E-state index contributed by atoms with van der Waals surface area (Å²) in [5.41, 5.74) is -0.454. The molecular weight excluding hydrogens is 372 g/mol. The minimum absolute atomic E-state index is 0.206. The number of amides is 1. The Kier molecular flexibility index (Phi) is 9.49. The molecule has 0 spiro atoms. The molecule has 0 radical (unpaired) electrons. The van der Waals surface area contributed by atoms with Gasteiger partial charge in [0.2, 0.25) is 0 Å². The molecule has 0 aromatic carbocycles. The van der Waals surface area contributed by atoms with Gasteiger partial charge in [-0.2, -0.15) is 0 Å². The van der Waals surface area contributed by atoms with Crippen LogP contribution in [0.4, 0.5) is 4.79 Å². The number of hydrogen-bond donors (Lipinski definition) is 1. The van der Waals surface area contributed by atoms with Crippen molar-refractivity contribution < 1.29 is 19.0 Å². The van der Waals surface area contributed by atoms with E-state index in [1.807, 2.05) is 32.7 Å². The third-order valence-electron chi connectivity index (χ3n) is 5.30. The van der Waals surface area contributed by atoms with Crippen LogP contribution in [0.15, 0.2) is 4.99 Å². The van der Waals surface area contributed by atoms with Crippen molar-refractivity contribution in [3.05, 3.63) is 0 Å². The normalized spacial score (nSPS) is 23.4. The minimum atomic E-state index is -0.454. The number of nitrogens with zero attached hydrogens (tertiary/aromatic N) is 3. The molecule has 2 saturated heterocycles. The number of rotatable bonds is 7. The van der Waals surface area contributed by atoms with Crippen molar-refractivity contribution in [3.8, 4) is 0 Å². The first-order valence-electron chi connectivity index (χ1n) is 10.8. The molecule has 1 N–H and O–H groups in total. The van der Waals surface area contributed by atoms with Crippen LogP contribution in [0.5, 0.6) is 0 Å². The van der Waals surface area contributed by atoms with Gasteiger partial charge in [-0.05, 0) is 46.0 Å². The Morgan fingerprint density at radius 3 is 2.55 bits per heavy atom. The number of carbonyl (C=O) groups excluding carboxylic acids is 1. The molecule has 1 amide bonds. The first kappa shape index (κ1) is 23.7. The molecule has 8 nitrogen and oxygen atoms in total. The van der Waals surface area contributed by atoms with Crippen molar-refractivity contribution in [3.63, 3.8) is 0 Å². The third kappa shape index (κ3) is 8.38. The van der Waals surface area contributed by atoms with E-state index in [1.54, 1.807) is 7.11 Å². The first-order chi connectivity index (χ1) is 13.8. The van der Waals surface area contributed by atoms with Crippen LogP contribution in [0.25, 0.3) is 0 Å². The van der Waals surface area contributed by atoms with E-state index in [0.29, 0.717) is 25.0 Å². The first-order valence-corrected chi connectivity index (χ1v) is 10.8. The zero-order chi connectivity index (χ0) is 21.3. The van der Waals surface area contributed by atoms with Crippen molar-refractivity contribution in [2.24, 2.45) is 16.8 Å². The average molecular weight is 413 g/mol. The third-order valence-corrected chi connectivity index (χ3v) is 5.30.